The standard InChI is InChI=1S/C18H21N3O4/c22-17(20-13-15-2-1-9-23-15)16-4-3-14(12-19-16)21-7-5-18(6-8-21)24-10-11-25-18/h1-4,9,12H,5-8,10-11,13H2,(H,20,22). The van der Waals surface area contributed by atoms with Gasteiger partial charge in [-0.3, -0.25) is 4.79 Å². The van der Waals surface area contributed by atoms with Crippen molar-refractivity contribution in [3.05, 3.63) is 48.2 Å². The number of nitrogens with one attached hydrogen (secondary N) is 1. The lowest BCUT2D eigenvalue weighted by atomic mass is 10.0. The molecule has 0 saturated carbocycles. The molecule has 2 saturated heterocycles. The second kappa shape index (κ2) is 6.85. The van der Waals surface area contributed by atoms with Gasteiger partial charge in [0.1, 0.15) is 11.5 Å². The first-order valence-electron chi connectivity index (χ1n) is 8.54. The number of rotatable bonds is 4. The fraction of sp³-hybridized carbons (Fsp3) is 0.444. The predicted molar refractivity (Wildman–Crippen MR) is 90.2 cm³/mol. The monoisotopic (exact) mass is 343 g/mol. The van der Waals surface area contributed by atoms with Gasteiger partial charge in [0.25, 0.3) is 5.91 Å². The third-order valence-electron chi connectivity index (χ3n) is 4.69. The van der Waals surface area contributed by atoms with Crippen molar-refractivity contribution in [1.29, 1.82) is 0 Å². The highest BCUT2D eigenvalue weighted by atomic mass is 16.7. The minimum atomic E-state index is -0.379. The van der Waals surface area contributed by atoms with Crippen molar-refractivity contribution in [1.82, 2.24) is 10.3 Å². The third-order valence-corrected chi connectivity index (χ3v) is 4.69. The molecule has 1 spiro atoms. The van der Waals surface area contributed by atoms with Gasteiger partial charge in [0.2, 0.25) is 0 Å². The molecule has 1 N–H and O–H groups in total. The molecule has 0 unspecified atom stereocenters. The summed E-state index contributed by atoms with van der Waals surface area (Å²) in [6.45, 7) is 3.42. The van der Waals surface area contributed by atoms with Crippen LogP contribution in [0.4, 0.5) is 5.69 Å². The second-order valence-corrected chi connectivity index (χ2v) is 6.26. The van der Waals surface area contributed by atoms with E-state index in [1.165, 1.54) is 0 Å². The van der Waals surface area contributed by atoms with Crippen molar-refractivity contribution in [3.8, 4) is 0 Å². The molecule has 0 radical (unpaired) electrons. The first-order chi connectivity index (χ1) is 12.2. The molecule has 0 aliphatic carbocycles. The van der Waals surface area contributed by atoms with Crippen LogP contribution in [0.15, 0.2) is 41.1 Å². The van der Waals surface area contributed by atoms with E-state index in [0.717, 1.165) is 31.6 Å². The van der Waals surface area contributed by atoms with Gasteiger partial charge in [-0.25, -0.2) is 4.98 Å². The zero-order valence-electron chi connectivity index (χ0n) is 13.9. The highest BCUT2D eigenvalue weighted by Crippen LogP contribution is 2.32. The highest BCUT2D eigenvalue weighted by molar-refractivity contribution is 5.92. The summed E-state index contributed by atoms with van der Waals surface area (Å²) in [7, 11) is 0. The Balaban J connectivity index is 1.33. The predicted octanol–water partition coefficient (Wildman–Crippen LogP) is 1.95. The van der Waals surface area contributed by atoms with Gasteiger partial charge < -0.3 is 24.1 Å². The quantitative estimate of drug-likeness (QED) is 0.914. The molecule has 4 heterocycles. The fourth-order valence-corrected chi connectivity index (χ4v) is 3.27. The minimum Gasteiger partial charge on any atom is -0.467 e. The van der Waals surface area contributed by atoms with Crippen LogP contribution < -0.4 is 10.2 Å². The summed E-state index contributed by atoms with van der Waals surface area (Å²) in [4.78, 5) is 18.7. The van der Waals surface area contributed by atoms with Crippen LogP contribution in [0.3, 0.4) is 0 Å². The van der Waals surface area contributed by atoms with Crippen molar-refractivity contribution in [2.75, 3.05) is 31.2 Å². The van der Waals surface area contributed by atoms with E-state index in [0.29, 0.717) is 31.2 Å². The van der Waals surface area contributed by atoms with Gasteiger partial charge in [-0.1, -0.05) is 0 Å². The molecular weight excluding hydrogens is 322 g/mol. The molecule has 2 aromatic rings. The van der Waals surface area contributed by atoms with Crippen molar-refractivity contribution in [2.45, 2.75) is 25.2 Å². The van der Waals surface area contributed by atoms with Crippen LogP contribution in [-0.2, 0) is 16.0 Å². The maximum Gasteiger partial charge on any atom is 0.270 e. The molecule has 1 amide bonds. The number of carbonyl (C=O) groups excluding carboxylic acids is 1. The van der Waals surface area contributed by atoms with Crippen molar-refractivity contribution < 1.29 is 18.7 Å². The Labute approximate surface area is 145 Å². The fourth-order valence-electron chi connectivity index (χ4n) is 3.27. The molecule has 132 valence electrons. The molecule has 2 aliphatic rings. The highest BCUT2D eigenvalue weighted by Gasteiger charge is 2.39. The first-order valence-corrected chi connectivity index (χ1v) is 8.54. The molecular formula is C18H21N3O4. The summed E-state index contributed by atoms with van der Waals surface area (Å²) >= 11 is 0. The zero-order chi connectivity index (χ0) is 17.1. The van der Waals surface area contributed by atoms with Crippen LogP contribution in [0.5, 0.6) is 0 Å². The van der Waals surface area contributed by atoms with Crippen molar-refractivity contribution >= 4 is 11.6 Å². The van der Waals surface area contributed by atoms with E-state index >= 15 is 0 Å². The van der Waals surface area contributed by atoms with E-state index in [-0.39, 0.29) is 11.7 Å². The van der Waals surface area contributed by atoms with E-state index in [2.05, 4.69) is 15.2 Å². The summed E-state index contributed by atoms with van der Waals surface area (Å²) in [6.07, 6.45) is 5.02. The number of furan rings is 1. The van der Waals surface area contributed by atoms with Crippen LogP contribution in [0.2, 0.25) is 0 Å². The SMILES string of the molecule is O=C(NCc1ccco1)c1ccc(N2CCC3(CC2)OCCO3)cn1. The number of anilines is 1. The van der Waals surface area contributed by atoms with Gasteiger partial charge in [0.15, 0.2) is 5.79 Å². The van der Waals surface area contributed by atoms with Crippen LogP contribution >= 0.6 is 0 Å². The van der Waals surface area contributed by atoms with E-state index in [1.807, 2.05) is 12.1 Å². The summed E-state index contributed by atoms with van der Waals surface area (Å²) in [5, 5.41) is 2.79. The number of piperidine rings is 1. The van der Waals surface area contributed by atoms with Gasteiger partial charge in [0.05, 0.1) is 37.9 Å². The number of carbonyl (C=O) groups is 1. The maximum atomic E-state index is 12.1. The molecule has 2 fully saturated rings. The molecule has 2 aromatic heterocycles. The lowest BCUT2D eigenvalue weighted by Gasteiger charge is -2.38. The average molecular weight is 343 g/mol. The van der Waals surface area contributed by atoms with Crippen LogP contribution in [0, 0.1) is 0 Å². The number of hydrogen-bond donors (Lipinski definition) is 1. The molecule has 25 heavy (non-hydrogen) atoms. The van der Waals surface area contributed by atoms with Crippen LogP contribution in [-0.4, -0.2) is 43.0 Å². The van der Waals surface area contributed by atoms with Crippen LogP contribution in [0.1, 0.15) is 29.1 Å². The second-order valence-electron chi connectivity index (χ2n) is 6.26. The first kappa shape index (κ1) is 16.1. The minimum absolute atomic E-state index is 0.215. The van der Waals surface area contributed by atoms with E-state index < -0.39 is 0 Å². The van der Waals surface area contributed by atoms with E-state index in [9.17, 15) is 4.79 Å². The largest absolute Gasteiger partial charge is 0.467 e. The summed E-state index contributed by atoms with van der Waals surface area (Å²) in [5.74, 6) is 0.118. The molecule has 0 aromatic carbocycles. The Morgan fingerprint density at radius 1 is 1.20 bits per heavy atom. The van der Waals surface area contributed by atoms with Crippen molar-refractivity contribution in [2.24, 2.45) is 0 Å². The van der Waals surface area contributed by atoms with E-state index in [4.69, 9.17) is 13.9 Å². The van der Waals surface area contributed by atoms with Gasteiger partial charge in [-0.15, -0.1) is 0 Å². The summed E-state index contributed by atoms with van der Waals surface area (Å²) < 4.78 is 16.7. The summed E-state index contributed by atoms with van der Waals surface area (Å²) in [6, 6.07) is 7.29. The number of hydrogen-bond acceptors (Lipinski definition) is 6. The Kier molecular flexibility index (Phi) is 4.42. The number of aromatic nitrogens is 1. The lowest BCUT2D eigenvalue weighted by Crippen LogP contribution is -2.45. The number of amides is 1. The Bertz CT molecular complexity index is 698. The Morgan fingerprint density at radius 3 is 2.64 bits per heavy atom. The number of ether oxygens (including phenoxy) is 2. The zero-order valence-corrected chi connectivity index (χ0v) is 13.9. The summed E-state index contributed by atoms with van der Waals surface area (Å²) in [5.41, 5.74) is 1.40. The molecule has 0 atom stereocenters. The Morgan fingerprint density at radius 2 is 2.00 bits per heavy atom. The molecule has 7 nitrogen and oxygen atoms in total. The normalized spacial score (nSPS) is 19.3. The smallest absolute Gasteiger partial charge is 0.270 e. The molecule has 0 bridgehead atoms. The molecule has 4 rings (SSSR count). The third kappa shape index (κ3) is 3.52. The van der Waals surface area contributed by atoms with Gasteiger partial charge >= 0.3 is 0 Å². The van der Waals surface area contributed by atoms with E-state index in [1.54, 1.807) is 24.6 Å². The van der Waals surface area contributed by atoms with Gasteiger partial charge in [-0.05, 0) is 24.3 Å². The Hall–Kier alpha value is -2.38. The number of nitrogens with zero attached hydrogens (tertiary/aromatic N) is 2. The van der Waals surface area contributed by atoms with Gasteiger partial charge in [0, 0.05) is 25.9 Å². The molecule has 2 aliphatic heterocycles. The van der Waals surface area contributed by atoms with Crippen LogP contribution in [0.25, 0.3) is 0 Å². The number of pyridine rings is 1. The lowest BCUT2D eigenvalue weighted by molar-refractivity contribution is -0.169. The van der Waals surface area contributed by atoms with Gasteiger partial charge in [-0.2, -0.15) is 0 Å². The average Bonchev–Trinajstić information content (AvgIpc) is 3.33. The molecule has 7 heteroatoms. The topological polar surface area (TPSA) is 76.8 Å². The van der Waals surface area contributed by atoms with Crippen molar-refractivity contribution in [3.63, 3.8) is 0 Å². The maximum absolute atomic E-state index is 12.1.